The number of carbonyl (C=O) groups is 1. The van der Waals surface area contributed by atoms with Crippen LogP contribution in [-0.4, -0.2) is 15.3 Å². The Hall–Kier alpha value is -0.000000000000000153. The molecule has 0 fully saturated rings. The molecule has 0 aromatic heterocycles. The molecule has 2 N–H and O–H groups in total. The highest BCUT2D eigenvalue weighted by Gasteiger charge is 2.28. The van der Waals surface area contributed by atoms with Gasteiger partial charge in [-0.3, -0.25) is 9.36 Å². The topological polar surface area (TPSA) is 74.6 Å². The predicted octanol–water partition coefficient (Wildman–Crippen LogP) is 2.66. The fourth-order valence-electron chi connectivity index (χ4n) is 0.972. The third-order valence-electron chi connectivity index (χ3n) is 1.68. The molecule has 1 aromatic rings. The summed E-state index contributed by atoms with van der Waals surface area (Å²) in [5, 5.41) is 0.607. The maximum atomic E-state index is 11.3. The fourth-order valence-corrected chi connectivity index (χ4v) is 2.59. The van der Waals surface area contributed by atoms with Crippen molar-refractivity contribution in [3.63, 3.8) is 0 Å². The highest BCUT2D eigenvalue weighted by atomic mass is 79.9. The summed E-state index contributed by atoms with van der Waals surface area (Å²) >= 11 is 6.33. The quantitative estimate of drug-likeness (QED) is 0.644. The Morgan fingerprint density at radius 2 is 2.00 bits per heavy atom. The second kappa shape index (κ2) is 4.89. The summed E-state index contributed by atoms with van der Waals surface area (Å²) in [6.45, 7) is 0. The molecule has 1 rings (SSSR count). The smallest absolute Gasteiger partial charge is 0.319 e. The number of hydrogen-bond acceptors (Lipinski definition) is 2. The van der Waals surface area contributed by atoms with Gasteiger partial charge in [0.2, 0.25) is 0 Å². The van der Waals surface area contributed by atoms with E-state index in [1.807, 2.05) is 0 Å². The van der Waals surface area contributed by atoms with Crippen LogP contribution in [0.25, 0.3) is 0 Å². The van der Waals surface area contributed by atoms with Crippen LogP contribution in [0, 0.1) is 0 Å². The Labute approximate surface area is 103 Å². The Bertz CT molecular complexity index is 440. The lowest BCUT2D eigenvalue weighted by Crippen LogP contribution is -2.01. The molecule has 0 aliphatic rings. The number of benzene rings is 1. The van der Waals surface area contributed by atoms with Gasteiger partial charge in [-0.2, -0.15) is 0 Å². The fraction of sp³-hybridized carbons (Fsp3) is 0.125. The maximum absolute atomic E-state index is 11.3. The Kier molecular flexibility index (Phi) is 4.26. The molecule has 0 spiro atoms. The summed E-state index contributed by atoms with van der Waals surface area (Å²) in [5.74, 6) is 0. The van der Waals surface area contributed by atoms with Gasteiger partial charge in [0.05, 0.1) is 0 Å². The molecule has 7 heteroatoms. The zero-order valence-corrected chi connectivity index (χ0v) is 11.4. The molecule has 4 nitrogen and oxygen atoms in total. The average molecular weight is 358 g/mol. The van der Waals surface area contributed by atoms with Gasteiger partial charge < -0.3 is 9.79 Å². The van der Waals surface area contributed by atoms with Crippen molar-refractivity contribution >= 4 is 45.0 Å². The van der Waals surface area contributed by atoms with Crippen molar-refractivity contribution in [2.75, 3.05) is 0 Å². The van der Waals surface area contributed by atoms with Crippen molar-refractivity contribution in [2.24, 2.45) is 0 Å². The lowest BCUT2D eigenvalue weighted by Gasteiger charge is -2.06. The van der Waals surface area contributed by atoms with Crippen molar-refractivity contribution in [1.29, 1.82) is 0 Å². The molecule has 0 heterocycles. The molecule has 0 radical (unpaired) electrons. The van der Waals surface area contributed by atoms with Crippen LogP contribution in [0.4, 0.5) is 0 Å². The third kappa shape index (κ3) is 3.23. The minimum atomic E-state index is -4.71. The van der Waals surface area contributed by atoms with Crippen molar-refractivity contribution in [3.8, 4) is 0 Å². The van der Waals surface area contributed by atoms with Crippen LogP contribution in [-0.2, 0) is 9.90 Å². The molecule has 0 saturated heterocycles. The second-order valence-corrected chi connectivity index (χ2v) is 5.71. The standard InChI is InChI=1S/C8H7Br2O4P/c9-4-5-1-2-6(7(10)3-5)8(11)15(12,13)14/h1-3H,4H2,(H2,12,13,14). The first-order valence-electron chi connectivity index (χ1n) is 3.81. The van der Waals surface area contributed by atoms with E-state index in [-0.39, 0.29) is 5.56 Å². The molecule has 0 saturated carbocycles. The van der Waals surface area contributed by atoms with Gasteiger partial charge in [0, 0.05) is 15.4 Å². The maximum Gasteiger partial charge on any atom is 0.396 e. The largest absolute Gasteiger partial charge is 0.396 e. The number of halogens is 2. The lowest BCUT2D eigenvalue weighted by atomic mass is 10.2. The van der Waals surface area contributed by atoms with E-state index in [0.717, 1.165) is 5.56 Å². The van der Waals surface area contributed by atoms with Crippen LogP contribution in [0.3, 0.4) is 0 Å². The monoisotopic (exact) mass is 356 g/mol. The molecule has 0 unspecified atom stereocenters. The molecule has 0 aliphatic heterocycles. The predicted molar refractivity (Wildman–Crippen MR) is 63.1 cm³/mol. The minimum Gasteiger partial charge on any atom is -0.319 e. The summed E-state index contributed by atoms with van der Waals surface area (Å²) < 4.78 is 11.1. The molecule has 0 bridgehead atoms. The van der Waals surface area contributed by atoms with Crippen molar-refractivity contribution in [2.45, 2.75) is 5.33 Å². The van der Waals surface area contributed by atoms with E-state index in [1.54, 1.807) is 12.1 Å². The Morgan fingerprint density at radius 3 is 2.40 bits per heavy atom. The summed E-state index contributed by atoms with van der Waals surface area (Å²) in [6.07, 6.45) is 0. The number of alkyl halides is 1. The van der Waals surface area contributed by atoms with Gasteiger partial charge in [0.25, 0.3) is 5.52 Å². The molecule has 1 aromatic carbocycles. The van der Waals surface area contributed by atoms with Crippen molar-refractivity contribution < 1.29 is 19.1 Å². The molecule has 15 heavy (non-hydrogen) atoms. The normalized spacial score (nSPS) is 11.5. The highest BCUT2D eigenvalue weighted by molar-refractivity contribution is 9.10. The molecular weight excluding hydrogens is 351 g/mol. The van der Waals surface area contributed by atoms with Crippen molar-refractivity contribution in [3.05, 3.63) is 33.8 Å². The van der Waals surface area contributed by atoms with E-state index in [9.17, 15) is 9.36 Å². The SMILES string of the molecule is O=C(c1ccc(CBr)cc1Br)P(=O)(O)O. The lowest BCUT2D eigenvalue weighted by molar-refractivity contribution is 0.104. The number of rotatable bonds is 3. The van der Waals surface area contributed by atoms with Gasteiger partial charge in [-0.1, -0.05) is 37.9 Å². The first-order valence-corrected chi connectivity index (χ1v) is 7.33. The average Bonchev–Trinajstić information content (AvgIpc) is 2.15. The first kappa shape index (κ1) is 13.1. The Balaban J connectivity index is 3.18. The molecule has 0 atom stereocenters. The zero-order valence-electron chi connectivity index (χ0n) is 7.35. The Morgan fingerprint density at radius 1 is 1.40 bits per heavy atom. The second-order valence-electron chi connectivity index (χ2n) is 2.80. The van der Waals surface area contributed by atoms with Crippen LogP contribution >= 0.6 is 39.5 Å². The summed E-state index contributed by atoms with van der Waals surface area (Å²) in [7, 11) is -4.71. The summed E-state index contributed by atoms with van der Waals surface area (Å²) in [5.41, 5.74) is -0.271. The van der Waals surface area contributed by atoms with Gasteiger partial charge in [-0.25, -0.2) is 0 Å². The number of carbonyl (C=O) groups excluding carboxylic acids is 1. The van der Waals surface area contributed by atoms with Gasteiger partial charge in [-0.05, 0) is 17.7 Å². The van der Waals surface area contributed by atoms with Gasteiger partial charge in [0.15, 0.2) is 0 Å². The van der Waals surface area contributed by atoms with Crippen LogP contribution in [0.2, 0.25) is 0 Å². The van der Waals surface area contributed by atoms with Crippen LogP contribution in [0.1, 0.15) is 15.9 Å². The molecule has 0 amide bonds. The third-order valence-corrected chi connectivity index (χ3v) is 3.76. The van der Waals surface area contributed by atoms with E-state index in [1.165, 1.54) is 6.07 Å². The van der Waals surface area contributed by atoms with Gasteiger partial charge >= 0.3 is 7.60 Å². The van der Waals surface area contributed by atoms with Crippen molar-refractivity contribution in [1.82, 2.24) is 0 Å². The molecule has 82 valence electrons. The van der Waals surface area contributed by atoms with Crippen LogP contribution in [0.5, 0.6) is 0 Å². The highest BCUT2D eigenvalue weighted by Crippen LogP contribution is 2.40. The van der Waals surface area contributed by atoms with Crippen LogP contribution < -0.4 is 0 Å². The van der Waals surface area contributed by atoms with E-state index >= 15 is 0 Å². The molecular formula is C8H7Br2O4P. The molecule has 0 aliphatic carbocycles. The zero-order chi connectivity index (χ0) is 11.6. The van der Waals surface area contributed by atoms with E-state index in [2.05, 4.69) is 31.9 Å². The summed E-state index contributed by atoms with van der Waals surface area (Å²) in [4.78, 5) is 28.7. The van der Waals surface area contributed by atoms with Crippen LogP contribution in [0.15, 0.2) is 22.7 Å². The van der Waals surface area contributed by atoms with E-state index in [0.29, 0.717) is 9.80 Å². The first-order chi connectivity index (χ1) is 6.86. The van der Waals surface area contributed by atoms with Gasteiger partial charge in [0.1, 0.15) is 0 Å². The summed E-state index contributed by atoms with van der Waals surface area (Å²) in [6, 6.07) is 4.65. The number of hydrogen-bond donors (Lipinski definition) is 2. The van der Waals surface area contributed by atoms with E-state index in [4.69, 9.17) is 9.79 Å². The minimum absolute atomic E-state index is 0.00645. The van der Waals surface area contributed by atoms with Gasteiger partial charge in [-0.15, -0.1) is 0 Å². The van der Waals surface area contributed by atoms with E-state index < -0.39 is 13.1 Å².